The molecule has 0 aromatic carbocycles. The van der Waals surface area contributed by atoms with Crippen LogP contribution < -0.4 is 0 Å². The Hall–Kier alpha value is -0.0800. The van der Waals surface area contributed by atoms with Gasteiger partial charge in [-0.15, -0.1) is 0 Å². The minimum Gasteiger partial charge on any atom is -0.396 e. The van der Waals surface area contributed by atoms with E-state index in [1.807, 2.05) is 0 Å². The number of hydrogen-bond acceptors (Lipinski definition) is 2. The Morgan fingerprint density at radius 2 is 1.73 bits per heavy atom. The standard InChI is InChI=1S/C13H28O2/c1-4-6-9-13(5-2,12-14)10-7-8-11-15-3/h14H,4-12H2,1-3H3. The van der Waals surface area contributed by atoms with Gasteiger partial charge in [-0.25, -0.2) is 0 Å². The molecule has 0 saturated heterocycles. The maximum Gasteiger partial charge on any atom is 0.0487 e. The van der Waals surface area contributed by atoms with Crippen LogP contribution in [0, 0.1) is 5.41 Å². The smallest absolute Gasteiger partial charge is 0.0487 e. The molecule has 0 aliphatic rings. The highest BCUT2D eigenvalue weighted by Crippen LogP contribution is 2.33. The molecule has 1 N–H and O–H groups in total. The van der Waals surface area contributed by atoms with Gasteiger partial charge in [0, 0.05) is 20.3 Å². The van der Waals surface area contributed by atoms with Crippen molar-refractivity contribution < 1.29 is 9.84 Å². The van der Waals surface area contributed by atoms with Gasteiger partial charge in [-0.3, -0.25) is 0 Å². The predicted molar refractivity (Wildman–Crippen MR) is 65.1 cm³/mol. The van der Waals surface area contributed by atoms with E-state index in [0.717, 1.165) is 25.9 Å². The van der Waals surface area contributed by atoms with Gasteiger partial charge >= 0.3 is 0 Å². The van der Waals surface area contributed by atoms with E-state index in [2.05, 4.69) is 13.8 Å². The molecule has 0 rings (SSSR count). The number of aliphatic hydroxyl groups excluding tert-OH is 1. The van der Waals surface area contributed by atoms with Crippen LogP contribution in [0.4, 0.5) is 0 Å². The summed E-state index contributed by atoms with van der Waals surface area (Å²) in [6.45, 7) is 5.60. The van der Waals surface area contributed by atoms with E-state index in [-0.39, 0.29) is 5.41 Å². The van der Waals surface area contributed by atoms with E-state index in [1.165, 1.54) is 25.7 Å². The lowest BCUT2D eigenvalue weighted by molar-refractivity contribution is 0.0908. The lowest BCUT2D eigenvalue weighted by atomic mass is 9.77. The topological polar surface area (TPSA) is 29.5 Å². The van der Waals surface area contributed by atoms with E-state index >= 15 is 0 Å². The lowest BCUT2D eigenvalue weighted by Crippen LogP contribution is -2.24. The molecule has 0 heterocycles. The molecule has 1 unspecified atom stereocenters. The van der Waals surface area contributed by atoms with Crippen LogP contribution in [0.2, 0.25) is 0 Å². The van der Waals surface area contributed by atoms with Gasteiger partial charge in [0.05, 0.1) is 0 Å². The summed E-state index contributed by atoms with van der Waals surface area (Å²) >= 11 is 0. The van der Waals surface area contributed by atoms with Crippen molar-refractivity contribution in [3.05, 3.63) is 0 Å². The number of rotatable bonds is 10. The maximum atomic E-state index is 9.53. The summed E-state index contributed by atoms with van der Waals surface area (Å²) in [4.78, 5) is 0. The van der Waals surface area contributed by atoms with Crippen LogP contribution in [0.3, 0.4) is 0 Å². The van der Waals surface area contributed by atoms with Gasteiger partial charge in [-0.1, -0.05) is 33.1 Å². The summed E-state index contributed by atoms with van der Waals surface area (Å²) in [6.07, 6.45) is 8.15. The highest BCUT2D eigenvalue weighted by Gasteiger charge is 2.25. The fraction of sp³-hybridized carbons (Fsp3) is 1.00. The third-order valence-corrected chi connectivity index (χ3v) is 3.45. The van der Waals surface area contributed by atoms with Crippen LogP contribution in [0.5, 0.6) is 0 Å². The molecule has 0 amide bonds. The molecule has 0 fully saturated rings. The van der Waals surface area contributed by atoms with Gasteiger partial charge in [-0.05, 0) is 31.1 Å². The highest BCUT2D eigenvalue weighted by atomic mass is 16.5. The first-order valence-electron chi connectivity index (χ1n) is 6.34. The number of unbranched alkanes of at least 4 members (excludes halogenated alkanes) is 2. The molecule has 15 heavy (non-hydrogen) atoms. The predicted octanol–water partition coefficient (Wildman–Crippen LogP) is 3.38. The zero-order chi connectivity index (χ0) is 11.6. The first kappa shape index (κ1) is 14.9. The van der Waals surface area contributed by atoms with Gasteiger partial charge in [0.15, 0.2) is 0 Å². The van der Waals surface area contributed by atoms with Crippen LogP contribution in [0.1, 0.15) is 58.8 Å². The van der Waals surface area contributed by atoms with Crippen LogP contribution >= 0.6 is 0 Å². The SMILES string of the molecule is CCCCC(CC)(CO)CCCCOC. The van der Waals surface area contributed by atoms with Crippen LogP contribution in [0.15, 0.2) is 0 Å². The maximum absolute atomic E-state index is 9.53. The second-order valence-corrected chi connectivity index (χ2v) is 4.57. The second kappa shape index (κ2) is 9.17. The summed E-state index contributed by atoms with van der Waals surface area (Å²) < 4.78 is 5.04. The number of ether oxygens (including phenoxy) is 1. The molecule has 2 heteroatoms. The minimum atomic E-state index is 0.184. The van der Waals surface area contributed by atoms with Crippen molar-refractivity contribution in [2.45, 2.75) is 58.8 Å². The molecule has 0 bridgehead atoms. The average Bonchev–Trinajstić information content (AvgIpc) is 2.29. The Morgan fingerprint density at radius 1 is 1.07 bits per heavy atom. The molecule has 0 aromatic rings. The third kappa shape index (κ3) is 6.16. The van der Waals surface area contributed by atoms with Crippen molar-refractivity contribution in [1.29, 1.82) is 0 Å². The summed E-state index contributed by atoms with van der Waals surface area (Å²) in [5, 5.41) is 9.53. The van der Waals surface area contributed by atoms with E-state index in [9.17, 15) is 5.11 Å². The third-order valence-electron chi connectivity index (χ3n) is 3.45. The summed E-state index contributed by atoms with van der Waals surface area (Å²) in [5.74, 6) is 0. The summed E-state index contributed by atoms with van der Waals surface area (Å²) in [7, 11) is 1.75. The molecule has 0 spiro atoms. The van der Waals surface area contributed by atoms with Crippen molar-refractivity contribution >= 4 is 0 Å². The molecule has 0 radical (unpaired) electrons. The van der Waals surface area contributed by atoms with Gasteiger partial charge in [-0.2, -0.15) is 0 Å². The quantitative estimate of drug-likeness (QED) is 0.567. The van der Waals surface area contributed by atoms with Crippen molar-refractivity contribution in [3.8, 4) is 0 Å². The number of methoxy groups -OCH3 is 1. The van der Waals surface area contributed by atoms with Crippen molar-refractivity contribution in [3.63, 3.8) is 0 Å². The summed E-state index contributed by atoms with van der Waals surface area (Å²) in [5.41, 5.74) is 0.184. The molecule has 1 atom stereocenters. The van der Waals surface area contributed by atoms with E-state index in [4.69, 9.17) is 4.74 Å². The Balaban J connectivity index is 3.88. The molecule has 2 nitrogen and oxygen atoms in total. The van der Waals surface area contributed by atoms with Crippen LogP contribution in [-0.2, 0) is 4.74 Å². The van der Waals surface area contributed by atoms with Gasteiger partial charge < -0.3 is 9.84 Å². The van der Waals surface area contributed by atoms with E-state index in [0.29, 0.717) is 6.61 Å². The molecule has 0 saturated carbocycles. The fourth-order valence-corrected chi connectivity index (χ4v) is 2.05. The van der Waals surface area contributed by atoms with Crippen LogP contribution in [-0.4, -0.2) is 25.4 Å². The van der Waals surface area contributed by atoms with E-state index < -0.39 is 0 Å². The zero-order valence-corrected chi connectivity index (χ0v) is 10.7. The summed E-state index contributed by atoms with van der Waals surface area (Å²) in [6, 6.07) is 0. The van der Waals surface area contributed by atoms with E-state index in [1.54, 1.807) is 7.11 Å². The van der Waals surface area contributed by atoms with Crippen molar-refractivity contribution in [1.82, 2.24) is 0 Å². The molecule has 0 aromatic heterocycles. The lowest BCUT2D eigenvalue weighted by Gasteiger charge is -2.30. The highest BCUT2D eigenvalue weighted by molar-refractivity contribution is 4.77. The first-order chi connectivity index (χ1) is 7.24. The number of hydrogen-bond donors (Lipinski definition) is 1. The fourth-order valence-electron chi connectivity index (χ4n) is 2.05. The van der Waals surface area contributed by atoms with Crippen molar-refractivity contribution in [2.24, 2.45) is 5.41 Å². The zero-order valence-electron chi connectivity index (χ0n) is 10.7. The Kier molecular flexibility index (Phi) is 9.12. The second-order valence-electron chi connectivity index (χ2n) is 4.57. The van der Waals surface area contributed by atoms with Crippen molar-refractivity contribution in [2.75, 3.05) is 20.3 Å². The van der Waals surface area contributed by atoms with Gasteiger partial charge in [0.1, 0.15) is 0 Å². The Labute approximate surface area is 95.0 Å². The molecular formula is C13H28O2. The first-order valence-corrected chi connectivity index (χ1v) is 6.34. The largest absolute Gasteiger partial charge is 0.396 e. The monoisotopic (exact) mass is 216 g/mol. The van der Waals surface area contributed by atoms with Gasteiger partial charge in [0.25, 0.3) is 0 Å². The normalized spacial score (nSPS) is 15.2. The molecular weight excluding hydrogens is 188 g/mol. The molecule has 0 aliphatic carbocycles. The minimum absolute atomic E-state index is 0.184. The number of aliphatic hydroxyl groups is 1. The van der Waals surface area contributed by atoms with Crippen LogP contribution in [0.25, 0.3) is 0 Å². The molecule has 0 aliphatic heterocycles. The molecule has 92 valence electrons. The van der Waals surface area contributed by atoms with Gasteiger partial charge in [0.2, 0.25) is 0 Å². The Bertz CT molecular complexity index is 130. The average molecular weight is 216 g/mol. The Morgan fingerprint density at radius 3 is 2.20 bits per heavy atom.